The van der Waals surface area contributed by atoms with Gasteiger partial charge in [-0.25, -0.2) is 0 Å². The minimum absolute atomic E-state index is 0.0531. The summed E-state index contributed by atoms with van der Waals surface area (Å²) < 4.78 is 0. The Hall–Kier alpha value is -2.82. The summed E-state index contributed by atoms with van der Waals surface area (Å²) in [5.74, 6) is -0.262. The van der Waals surface area contributed by atoms with Crippen molar-refractivity contribution in [2.24, 2.45) is 0 Å². The third kappa shape index (κ3) is 4.85. The topological polar surface area (TPSA) is 70.2 Å². The van der Waals surface area contributed by atoms with Crippen molar-refractivity contribution in [2.75, 3.05) is 18.9 Å². The molecule has 23 heavy (non-hydrogen) atoms. The zero-order chi connectivity index (χ0) is 16.7. The molecule has 5 nitrogen and oxygen atoms in total. The van der Waals surface area contributed by atoms with Crippen LogP contribution in [-0.2, 0) is 4.79 Å². The van der Waals surface area contributed by atoms with Crippen LogP contribution < -0.4 is 16.0 Å². The van der Waals surface area contributed by atoms with Gasteiger partial charge in [-0.15, -0.1) is 0 Å². The van der Waals surface area contributed by atoms with E-state index in [9.17, 15) is 9.59 Å². The van der Waals surface area contributed by atoms with Crippen molar-refractivity contribution >= 4 is 17.5 Å². The summed E-state index contributed by atoms with van der Waals surface area (Å²) in [5.41, 5.74) is 2.34. The van der Waals surface area contributed by atoms with Gasteiger partial charge in [-0.2, -0.15) is 0 Å². The van der Waals surface area contributed by atoms with Crippen molar-refractivity contribution in [1.29, 1.82) is 0 Å². The Kier molecular flexibility index (Phi) is 5.74. The highest BCUT2D eigenvalue weighted by Gasteiger charge is 2.09. The van der Waals surface area contributed by atoms with Crippen molar-refractivity contribution < 1.29 is 9.59 Å². The van der Waals surface area contributed by atoms with Crippen molar-refractivity contribution in [3.8, 4) is 0 Å². The van der Waals surface area contributed by atoms with Gasteiger partial charge in [0.2, 0.25) is 5.91 Å². The molecule has 1 unspecified atom stereocenters. The lowest BCUT2D eigenvalue weighted by Crippen LogP contribution is -2.32. The molecular weight excluding hydrogens is 290 g/mol. The molecule has 0 aromatic heterocycles. The van der Waals surface area contributed by atoms with Gasteiger partial charge in [0.25, 0.3) is 5.91 Å². The van der Waals surface area contributed by atoms with E-state index in [0.717, 1.165) is 11.3 Å². The van der Waals surface area contributed by atoms with Crippen LogP contribution >= 0.6 is 0 Å². The van der Waals surface area contributed by atoms with Gasteiger partial charge in [-0.05, 0) is 30.7 Å². The summed E-state index contributed by atoms with van der Waals surface area (Å²) in [6, 6.07) is 16.8. The summed E-state index contributed by atoms with van der Waals surface area (Å²) >= 11 is 0. The number of rotatable bonds is 6. The molecule has 0 saturated carbocycles. The van der Waals surface area contributed by atoms with E-state index in [1.807, 2.05) is 43.3 Å². The van der Waals surface area contributed by atoms with E-state index in [0.29, 0.717) is 5.56 Å². The maximum atomic E-state index is 12.0. The summed E-state index contributed by atoms with van der Waals surface area (Å²) in [5, 5.41) is 8.53. The molecule has 3 N–H and O–H groups in total. The number of amides is 2. The van der Waals surface area contributed by atoms with E-state index in [-0.39, 0.29) is 24.4 Å². The highest BCUT2D eigenvalue weighted by atomic mass is 16.2. The van der Waals surface area contributed by atoms with Gasteiger partial charge in [-0.3, -0.25) is 9.59 Å². The van der Waals surface area contributed by atoms with Crippen LogP contribution in [0.1, 0.15) is 28.9 Å². The standard InChI is InChI=1S/C18H21N3O2/c1-13(14-7-4-3-5-8-14)21-17(22)12-20-16-10-6-9-15(11-16)18(23)19-2/h3-11,13,20H,12H2,1-2H3,(H,19,23)(H,21,22). The minimum Gasteiger partial charge on any atom is -0.376 e. The molecule has 2 aromatic rings. The normalized spacial score (nSPS) is 11.4. The predicted molar refractivity (Wildman–Crippen MR) is 91.3 cm³/mol. The first-order valence-corrected chi connectivity index (χ1v) is 7.50. The first kappa shape index (κ1) is 16.5. The highest BCUT2D eigenvalue weighted by Crippen LogP contribution is 2.12. The smallest absolute Gasteiger partial charge is 0.251 e. The molecule has 2 amide bonds. The molecule has 0 aliphatic heterocycles. The van der Waals surface area contributed by atoms with Crippen LogP contribution in [0, 0.1) is 0 Å². The lowest BCUT2D eigenvalue weighted by Gasteiger charge is -2.15. The SMILES string of the molecule is CNC(=O)c1cccc(NCC(=O)NC(C)c2ccccc2)c1. The molecule has 2 aromatic carbocycles. The van der Waals surface area contributed by atoms with Crippen LogP contribution in [0.3, 0.4) is 0 Å². The average molecular weight is 311 g/mol. The van der Waals surface area contributed by atoms with E-state index in [1.54, 1.807) is 25.2 Å². The molecule has 2 rings (SSSR count). The van der Waals surface area contributed by atoms with Crippen LogP contribution in [0.25, 0.3) is 0 Å². The Morgan fingerprint density at radius 2 is 1.78 bits per heavy atom. The fraction of sp³-hybridized carbons (Fsp3) is 0.222. The number of hydrogen-bond donors (Lipinski definition) is 3. The van der Waals surface area contributed by atoms with Gasteiger partial charge < -0.3 is 16.0 Å². The van der Waals surface area contributed by atoms with Gasteiger partial charge in [0.05, 0.1) is 12.6 Å². The largest absolute Gasteiger partial charge is 0.376 e. The Labute approximate surface area is 136 Å². The summed E-state index contributed by atoms with van der Waals surface area (Å²) in [6.07, 6.45) is 0. The fourth-order valence-electron chi connectivity index (χ4n) is 2.21. The van der Waals surface area contributed by atoms with E-state index >= 15 is 0 Å². The van der Waals surface area contributed by atoms with Gasteiger partial charge in [0.1, 0.15) is 0 Å². The maximum absolute atomic E-state index is 12.0. The Bertz CT molecular complexity index is 671. The number of carbonyl (C=O) groups excluding carboxylic acids is 2. The third-order valence-corrected chi connectivity index (χ3v) is 3.48. The summed E-state index contributed by atoms with van der Waals surface area (Å²) in [4.78, 5) is 23.6. The third-order valence-electron chi connectivity index (χ3n) is 3.48. The second-order valence-electron chi connectivity index (χ2n) is 5.21. The molecule has 0 aliphatic rings. The Morgan fingerprint density at radius 1 is 1.04 bits per heavy atom. The summed E-state index contributed by atoms with van der Waals surface area (Å²) in [6.45, 7) is 2.09. The van der Waals surface area contributed by atoms with E-state index in [4.69, 9.17) is 0 Å². The zero-order valence-electron chi connectivity index (χ0n) is 13.3. The van der Waals surface area contributed by atoms with Crippen LogP contribution in [0.2, 0.25) is 0 Å². The number of nitrogens with one attached hydrogen (secondary N) is 3. The van der Waals surface area contributed by atoms with Crippen LogP contribution in [0.15, 0.2) is 54.6 Å². The lowest BCUT2D eigenvalue weighted by atomic mass is 10.1. The van der Waals surface area contributed by atoms with Crippen LogP contribution in [0.5, 0.6) is 0 Å². The first-order chi connectivity index (χ1) is 11.1. The number of carbonyl (C=O) groups is 2. The zero-order valence-corrected chi connectivity index (χ0v) is 13.3. The van der Waals surface area contributed by atoms with Gasteiger partial charge >= 0.3 is 0 Å². The molecule has 0 bridgehead atoms. The quantitative estimate of drug-likeness (QED) is 0.767. The molecule has 0 saturated heterocycles. The number of benzene rings is 2. The second kappa shape index (κ2) is 7.98. The molecule has 0 radical (unpaired) electrons. The van der Waals surface area contributed by atoms with Crippen LogP contribution in [-0.4, -0.2) is 25.4 Å². The molecule has 120 valence electrons. The van der Waals surface area contributed by atoms with Crippen molar-refractivity contribution in [3.05, 3.63) is 65.7 Å². The first-order valence-electron chi connectivity index (χ1n) is 7.50. The average Bonchev–Trinajstić information content (AvgIpc) is 2.60. The highest BCUT2D eigenvalue weighted by molar-refractivity contribution is 5.95. The van der Waals surface area contributed by atoms with E-state index < -0.39 is 0 Å². The van der Waals surface area contributed by atoms with Gasteiger partial charge in [0, 0.05) is 18.3 Å². The van der Waals surface area contributed by atoms with Gasteiger partial charge in [0.15, 0.2) is 0 Å². The monoisotopic (exact) mass is 311 g/mol. The molecular formula is C18H21N3O2. The molecule has 0 aliphatic carbocycles. The lowest BCUT2D eigenvalue weighted by molar-refractivity contribution is -0.120. The van der Waals surface area contributed by atoms with Crippen molar-refractivity contribution in [2.45, 2.75) is 13.0 Å². The number of anilines is 1. The molecule has 1 atom stereocenters. The van der Waals surface area contributed by atoms with Crippen molar-refractivity contribution in [1.82, 2.24) is 10.6 Å². The number of hydrogen-bond acceptors (Lipinski definition) is 3. The fourth-order valence-corrected chi connectivity index (χ4v) is 2.21. The summed E-state index contributed by atoms with van der Waals surface area (Å²) in [7, 11) is 1.58. The van der Waals surface area contributed by atoms with Crippen molar-refractivity contribution in [3.63, 3.8) is 0 Å². The molecule has 0 heterocycles. The molecule has 0 spiro atoms. The predicted octanol–water partition coefficient (Wildman–Crippen LogP) is 2.34. The minimum atomic E-state index is -0.157. The van der Waals surface area contributed by atoms with Gasteiger partial charge in [-0.1, -0.05) is 36.4 Å². The maximum Gasteiger partial charge on any atom is 0.251 e. The Morgan fingerprint density at radius 3 is 2.48 bits per heavy atom. The second-order valence-corrected chi connectivity index (χ2v) is 5.21. The molecule has 5 heteroatoms. The molecule has 0 fully saturated rings. The Balaban J connectivity index is 1.88. The van der Waals surface area contributed by atoms with Crippen LogP contribution in [0.4, 0.5) is 5.69 Å². The van der Waals surface area contributed by atoms with E-state index in [2.05, 4.69) is 16.0 Å². The van der Waals surface area contributed by atoms with E-state index in [1.165, 1.54) is 0 Å².